The molecule has 0 saturated carbocycles. The van der Waals surface area contributed by atoms with Gasteiger partial charge in [0.15, 0.2) is 17.6 Å². The smallest absolute Gasteiger partial charge is 0.416 e. The zero-order chi connectivity index (χ0) is 27.4. The van der Waals surface area contributed by atoms with E-state index in [2.05, 4.69) is 4.74 Å². The number of alkyl halides is 8. The highest BCUT2D eigenvalue weighted by molar-refractivity contribution is 5.53. The van der Waals surface area contributed by atoms with Gasteiger partial charge in [-0.2, -0.15) is 35.1 Å². The minimum atomic E-state index is -5.08. The molecule has 0 heterocycles. The second-order valence-electron chi connectivity index (χ2n) is 7.67. The first-order chi connectivity index (χ1) is 17.2. The van der Waals surface area contributed by atoms with Crippen LogP contribution in [-0.2, 0) is 12.7 Å². The lowest BCUT2D eigenvalue weighted by molar-refractivity contribution is -0.200. The monoisotopic (exact) mass is 539 g/mol. The second-order valence-corrected chi connectivity index (χ2v) is 7.67. The SMILES string of the molecule is OC(CN(Cc1cc(C(F)(F)F)ccc1F)c1cccc(Oc2ccccc2OC(F)F)c1)C(F)(F)F. The van der Waals surface area contributed by atoms with Crippen molar-refractivity contribution in [1.29, 1.82) is 0 Å². The third-order valence-corrected chi connectivity index (χ3v) is 4.98. The molecule has 0 aliphatic rings. The van der Waals surface area contributed by atoms with Crippen molar-refractivity contribution in [3.05, 3.63) is 83.7 Å². The zero-order valence-corrected chi connectivity index (χ0v) is 18.5. The molecule has 37 heavy (non-hydrogen) atoms. The van der Waals surface area contributed by atoms with Gasteiger partial charge in [-0.05, 0) is 42.5 Å². The first-order valence-corrected chi connectivity index (χ1v) is 10.4. The van der Waals surface area contributed by atoms with E-state index in [1.807, 2.05) is 0 Å². The van der Waals surface area contributed by atoms with Crippen molar-refractivity contribution in [2.45, 2.75) is 31.6 Å². The van der Waals surface area contributed by atoms with Gasteiger partial charge < -0.3 is 19.5 Å². The first-order valence-electron chi connectivity index (χ1n) is 10.4. The molecule has 3 aromatic rings. The van der Waals surface area contributed by atoms with Crippen LogP contribution in [0.1, 0.15) is 11.1 Å². The summed E-state index contributed by atoms with van der Waals surface area (Å²) >= 11 is 0. The lowest BCUT2D eigenvalue weighted by Gasteiger charge is -2.29. The van der Waals surface area contributed by atoms with Gasteiger partial charge in [0.25, 0.3) is 0 Å². The highest BCUT2D eigenvalue weighted by Crippen LogP contribution is 2.35. The summed E-state index contributed by atoms with van der Waals surface area (Å²) < 4.78 is 128. The molecule has 0 radical (unpaired) electrons. The fourth-order valence-corrected chi connectivity index (χ4v) is 3.25. The van der Waals surface area contributed by atoms with Crippen LogP contribution in [0.2, 0.25) is 0 Å². The Hall–Kier alpha value is -3.61. The minimum absolute atomic E-state index is 0.0705. The van der Waals surface area contributed by atoms with E-state index in [0.717, 1.165) is 11.0 Å². The van der Waals surface area contributed by atoms with Crippen LogP contribution < -0.4 is 14.4 Å². The summed E-state index contributed by atoms with van der Waals surface area (Å²) in [6.45, 7) is -5.11. The average Bonchev–Trinajstić information content (AvgIpc) is 2.79. The van der Waals surface area contributed by atoms with E-state index in [9.17, 15) is 44.6 Å². The van der Waals surface area contributed by atoms with Crippen molar-refractivity contribution < 1.29 is 54.1 Å². The molecule has 1 atom stereocenters. The Labute approximate surface area is 204 Å². The summed E-state index contributed by atoms with van der Waals surface area (Å²) in [6.07, 6.45) is -12.8. The molecule has 0 saturated heterocycles. The molecule has 1 N–H and O–H groups in total. The molecule has 200 valence electrons. The van der Waals surface area contributed by atoms with Crippen molar-refractivity contribution >= 4 is 5.69 Å². The van der Waals surface area contributed by atoms with E-state index in [0.29, 0.717) is 18.2 Å². The molecule has 0 aliphatic heterocycles. The highest BCUT2D eigenvalue weighted by atomic mass is 19.4. The molecule has 0 fully saturated rings. The molecular weight excluding hydrogens is 521 g/mol. The predicted molar refractivity (Wildman–Crippen MR) is 114 cm³/mol. The highest BCUT2D eigenvalue weighted by Gasteiger charge is 2.39. The molecule has 0 spiro atoms. The topological polar surface area (TPSA) is 41.9 Å². The van der Waals surface area contributed by atoms with Crippen molar-refractivity contribution in [2.75, 3.05) is 11.4 Å². The maximum Gasteiger partial charge on any atom is 0.416 e. The van der Waals surface area contributed by atoms with Crippen LogP contribution in [-0.4, -0.2) is 30.5 Å². The molecular formula is C24H18F9NO3. The standard InChI is InChI=1S/C24H18F9NO3/c25-18-9-8-15(23(28,29)30)10-14(18)12-34(13-21(35)24(31,32)33)16-4-3-5-17(11-16)36-19-6-1-2-7-20(19)37-22(26)27/h1-11,21-22,35H,12-13H2. The molecule has 0 aromatic heterocycles. The van der Waals surface area contributed by atoms with Crippen LogP contribution in [0.5, 0.6) is 17.2 Å². The number of anilines is 1. The summed E-state index contributed by atoms with van der Waals surface area (Å²) in [4.78, 5) is 0.811. The number of hydrogen-bond acceptors (Lipinski definition) is 4. The van der Waals surface area contributed by atoms with Crippen molar-refractivity contribution in [3.8, 4) is 17.2 Å². The largest absolute Gasteiger partial charge is 0.453 e. The number of benzene rings is 3. The number of halogens is 9. The van der Waals surface area contributed by atoms with E-state index in [1.54, 1.807) is 0 Å². The number of nitrogens with zero attached hydrogens (tertiary/aromatic N) is 1. The maximum atomic E-state index is 14.3. The molecule has 3 aromatic carbocycles. The first kappa shape index (κ1) is 28.0. The Bertz CT molecular complexity index is 1200. The molecule has 1 unspecified atom stereocenters. The maximum absolute atomic E-state index is 14.3. The fraction of sp³-hybridized carbons (Fsp3) is 0.250. The van der Waals surface area contributed by atoms with E-state index in [-0.39, 0.29) is 22.9 Å². The number of rotatable bonds is 9. The summed E-state index contributed by atoms with van der Waals surface area (Å²) in [7, 11) is 0. The van der Waals surface area contributed by atoms with Crippen LogP contribution in [0, 0.1) is 5.82 Å². The van der Waals surface area contributed by atoms with Crippen LogP contribution in [0.4, 0.5) is 45.2 Å². The summed E-state index contributed by atoms with van der Waals surface area (Å²) in [5, 5.41) is 9.61. The average molecular weight is 539 g/mol. The number of aliphatic hydroxyl groups excluding tert-OH is 1. The van der Waals surface area contributed by atoms with Crippen LogP contribution in [0.15, 0.2) is 66.7 Å². The van der Waals surface area contributed by atoms with Crippen LogP contribution in [0.25, 0.3) is 0 Å². The van der Waals surface area contributed by atoms with Crippen molar-refractivity contribution in [1.82, 2.24) is 0 Å². The molecule has 0 bridgehead atoms. The zero-order valence-electron chi connectivity index (χ0n) is 18.5. The molecule has 4 nitrogen and oxygen atoms in total. The van der Waals surface area contributed by atoms with Gasteiger partial charge in [-0.15, -0.1) is 0 Å². The molecule has 3 rings (SSSR count). The number of hydrogen-bond donors (Lipinski definition) is 1. The Morgan fingerprint density at radius 1 is 0.838 bits per heavy atom. The summed E-state index contributed by atoms with van der Waals surface area (Å²) in [5.41, 5.74) is -1.89. The number of para-hydroxylation sites is 2. The van der Waals surface area contributed by atoms with Crippen molar-refractivity contribution in [2.24, 2.45) is 0 Å². The quantitative estimate of drug-likeness (QED) is 0.293. The van der Waals surface area contributed by atoms with E-state index < -0.39 is 55.1 Å². The normalized spacial score (nSPS) is 12.9. The number of aliphatic hydroxyl groups is 1. The van der Waals surface area contributed by atoms with Gasteiger partial charge in [0.2, 0.25) is 0 Å². The fourth-order valence-electron chi connectivity index (χ4n) is 3.25. The Morgan fingerprint density at radius 3 is 2.14 bits per heavy atom. The van der Waals surface area contributed by atoms with Crippen LogP contribution >= 0.6 is 0 Å². The lowest BCUT2D eigenvalue weighted by Crippen LogP contribution is -2.41. The molecule has 0 amide bonds. The Balaban J connectivity index is 1.96. The summed E-state index contributed by atoms with van der Waals surface area (Å²) in [5.74, 6) is -1.67. The third kappa shape index (κ3) is 7.68. The van der Waals surface area contributed by atoms with Gasteiger partial charge in [-0.25, -0.2) is 4.39 Å². The van der Waals surface area contributed by atoms with Gasteiger partial charge >= 0.3 is 19.0 Å². The molecule has 13 heteroatoms. The van der Waals surface area contributed by atoms with Gasteiger partial charge in [-0.3, -0.25) is 0 Å². The van der Waals surface area contributed by atoms with Gasteiger partial charge in [0.05, 0.1) is 12.1 Å². The molecule has 0 aliphatic carbocycles. The van der Waals surface area contributed by atoms with E-state index in [4.69, 9.17) is 4.74 Å². The van der Waals surface area contributed by atoms with Gasteiger partial charge in [-0.1, -0.05) is 18.2 Å². The Kier molecular flexibility index (Phi) is 8.46. The third-order valence-electron chi connectivity index (χ3n) is 4.98. The van der Waals surface area contributed by atoms with Crippen LogP contribution in [0.3, 0.4) is 0 Å². The predicted octanol–water partition coefficient (Wildman–Crippen LogP) is 7.17. The lowest BCUT2D eigenvalue weighted by atomic mass is 10.1. The second kappa shape index (κ2) is 11.2. The van der Waals surface area contributed by atoms with Crippen molar-refractivity contribution in [3.63, 3.8) is 0 Å². The minimum Gasteiger partial charge on any atom is -0.453 e. The Morgan fingerprint density at radius 2 is 1.51 bits per heavy atom. The van der Waals surface area contributed by atoms with E-state index in [1.165, 1.54) is 42.5 Å². The summed E-state index contributed by atoms with van der Waals surface area (Å²) in [6, 6.07) is 11.8. The number of ether oxygens (including phenoxy) is 2. The van der Waals surface area contributed by atoms with Gasteiger partial charge in [0.1, 0.15) is 11.6 Å². The van der Waals surface area contributed by atoms with E-state index >= 15 is 0 Å². The van der Waals surface area contributed by atoms with Gasteiger partial charge in [0, 0.05) is 23.9 Å².